The van der Waals surface area contributed by atoms with Crippen molar-refractivity contribution in [2.45, 2.75) is 12.5 Å². The van der Waals surface area contributed by atoms with Gasteiger partial charge in [0.05, 0.1) is 0 Å². The standard InChI is InChI=1S/C15H19Cl2N3O2/c16-3-5-20(6-4-17)12-1-2-14-10(8-12)7-11(19-14)9-13(18)15(21)22/h1-2,7-8,13,19H,3-6,9,18H2,(H,21,22)/t13-/m0/s1. The lowest BCUT2D eigenvalue weighted by molar-refractivity contribution is -0.138. The van der Waals surface area contributed by atoms with Crippen molar-refractivity contribution >= 4 is 45.8 Å². The topological polar surface area (TPSA) is 82.3 Å². The molecule has 0 aliphatic heterocycles. The first kappa shape index (κ1) is 16.9. The molecule has 2 rings (SSSR count). The molecule has 1 heterocycles. The number of carbonyl (C=O) groups is 1. The Kier molecular flexibility index (Phi) is 5.94. The number of fused-ring (bicyclic) bond motifs is 1. The lowest BCUT2D eigenvalue weighted by Gasteiger charge is -2.22. The Hall–Kier alpha value is -1.43. The summed E-state index contributed by atoms with van der Waals surface area (Å²) in [5.74, 6) is 0.0522. The summed E-state index contributed by atoms with van der Waals surface area (Å²) in [7, 11) is 0. The van der Waals surface area contributed by atoms with Crippen molar-refractivity contribution in [1.29, 1.82) is 0 Å². The van der Waals surface area contributed by atoms with Crippen LogP contribution >= 0.6 is 23.2 Å². The van der Waals surface area contributed by atoms with Crippen molar-refractivity contribution in [2.75, 3.05) is 29.7 Å². The van der Waals surface area contributed by atoms with Gasteiger partial charge < -0.3 is 20.7 Å². The molecule has 0 amide bonds. The van der Waals surface area contributed by atoms with Crippen molar-refractivity contribution in [3.63, 3.8) is 0 Å². The fraction of sp³-hybridized carbons (Fsp3) is 0.400. The first-order chi connectivity index (χ1) is 10.5. The van der Waals surface area contributed by atoms with Crippen LogP contribution in [0.3, 0.4) is 0 Å². The lowest BCUT2D eigenvalue weighted by Crippen LogP contribution is -2.32. The van der Waals surface area contributed by atoms with Crippen LogP contribution in [0.5, 0.6) is 0 Å². The maximum atomic E-state index is 10.8. The van der Waals surface area contributed by atoms with E-state index in [1.165, 1.54) is 0 Å². The number of alkyl halides is 2. The SMILES string of the molecule is N[C@@H](Cc1cc2cc(N(CCCl)CCCl)ccc2[nH]1)C(=O)O. The van der Waals surface area contributed by atoms with Crippen molar-refractivity contribution in [3.8, 4) is 0 Å². The van der Waals surface area contributed by atoms with Crippen molar-refractivity contribution in [2.24, 2.45) is 5.73 Å². The van der Waals surface area contributed by atoms with Crippen LogP contribution in [0.2, 0.25) is 0 Å². The third kappa shape index (κ3) is 4.06. The van der Waals surface area contributed by atoms with Gasteiger partial charge >= 0.3 is 5.97 Å². The summed E-state index contributed by atoms with van der Waals surface area (Å²) in [6.45, 7) is 1.45. The van der Waals surface area contributed by atoms with Crippen LogP contribution in [-0.4, -0.2) is 47.0 Å². The summed E-state index contributed by atoms with van der Waals surface area (Å²) in [6, 6.07) is 7.04. The van der Waals surface area contributed by atoms with Crippen molar-refractivity contribution < 1.29 is 9.90 Å². The summed E-state index contributed by atoms with van der Waals surface area (Å²) < 4.78 is 0. The molecular weight excluding hydrogens is 325 g/mol. The Morgan fingerprint density at radius 1 is 1.27 bits per heavy atom. The number of H-pyrrole nitrogens is 1. The third-order valence-corrected chi connectivity index (χ3v) is 3.83. The Balaban J connectivity index is 2.24. The summed E-state index contributed by atoms with van der Waals surface area (Å²) in [6.07, 6.45) is 0.270. The molecule has 0 bridgehead atoms. The smallest absolute Gasteiger partial charge is 0.320 e. The van der Waals surface area contributed by atoms with Gasteiger partial charge in [-0.15, -0.1) is 23.2 Å². The monoisotopic (exact) mass is 343 g/mol. The number of benzene rings is 1. The fourth-order valence-corrected chi connectivity index (χ4v) is 2.79. The molecule has 4 N–H and O–H groups in total. The highest BCUT2D eigenvalue weighted by Crippen LogP contribution is 2.23. The molecular formula is C15H19Cl2N3O2. The number of nitrogens with zero attached hydrogens (tertiary/aromatic N) is 1. The molecule has 0 spiro atoms. The van der Waals surface area contributed by atoms with Crippen LogP contribution < -0.4 is 10.6 Å². The number of nitrogens with two attached hydrogens (primary N) is 1. The van der Waals surface area contributed by atoms with Gasteiger partial charge in [-0.2, -0.15) is 0 Å². The average molecular weight is 344 g/mol. The second kappa shape index (κ2) is 7.72. The van der Waals surface area contributed by atoms with E-state index in [4.69, 9.17) is 34.0 Å². The molecule has 0 saturated heterocycles. The van der Waals surface area contributed by atoms with Crippen LogP contribution in [0.1, 0.15) is 5.69 Å². The largest absolute Gasteiger partial charge is 0.480 e. The minimum absolute atomic E-state index is 0.270. The molecule has 0 fully saturated rings. The van der Waals surface area contributed by atoms with Crippen LogP contribution in [0.4, 0.5) is 5.69 Å². The first-order valence-corrected chi connectivity index (χ1v) is 8.09. The molecule has 1 atom stereocenters. The van der Waals surface area contributed by atoms with Gasteiger partial charge in [0.25, 0.3) is 0 Å². The molecule has 0 aliphatic rings. The van der Waals surface area contributed by atoms with E-state index in [-0.39, 0.29) is 6.42 Å². The number of halogens is 2. The summed E-state index contributed by atoms with van der Waals surface area (Å²) >= 11 is 11.7. The number of anilines is 1. The molecule has 1 aromatic carbocycles. The van der Waals surface area contributed by atoms with Crippen LogP contribution in [0.15, 0.2) is 24.3 Å². The fourth-order valence-electron chi connectivity index (χ4n) is 2.39. The molecule has 1 aromatic heterocycles. The van der Waals surface area contributed by atoms with Gasteiger partial charge in [0.2, 0.25) is 0 Å². The van der Waals surface area contributed by atoms with Gasteiger partial charge in [0.15, 0.2) is 0 Å². The quantitative estimate of drug-likeness (QED) is 0.642. The Bertz CT molecular complexity index is 639. The average Bonchev–Trinajstić information content (AvgIpc) is 2.88. The van der Waals surface area contributed by atoms with Gasteiger partial charge in [0, 0.05) is 53.6 Å². The molecule has 7 heteroatoms. The van der Waals surface area contributed by atoms with Gasteiger partial charge in [-0.3, -0.25) is 4.79 Å². The van der Waals surface area contributed by atoms with E-state index in [1.807, 2.05) is 24.3 Å². The molecule has 5 nitrogen and oxygen atoms in total. The van der Waals surface area contributed by atoms with E-state index in [2.05, 4.69) is 9.88 Å². The molecule has 0 aliphatic carbocycles. The first-order valence-electron chi connectivity index (χ1n) is 7.02. The number of aliphatic carboxylic acids is 1. The van der Waals surface area contributed by atoms with Gasteiger partial charge in [-0.05, 0) is 24.3 Å². The number of carboxylic acid groups (broad SMARTS) is 1. The van der Waals surface area contributed by atoms with Crippen LogP contribution in [0.25, 0.3) is 10.9 Å². The van der Waals surface area contributed by atoms with E-state index in [1.54, 1.807) is 0 Å². The predicted octanol–water partition coefficient (Wildman–Crippen LogP) is 2.41. The van der Waals surface area contributed by atoms with Gasteiger partial charge in [-0.25, -0.2) is 0 Å². The maximum Gasteiger partial charge on any atom is 0.320 e. The van der Waals surface area contributed by atoms with Crippen molar-refractivity contribution in [3.05, 3.63) is 30.0 Å². The number of hydrogen-bond donors (Lipinski definition) is 3. The molecule has 0 saturated carbocycles. The Morgan fingerprint density at radius 2 is 1.95 bits per heavy atom. The Labute approximate surface area is 139 Å². The highest BCUT2D eigenvalue weighted by atomic mass is 35.5. The number of nitrogens with one attached hydrogen (secondary N) is 1. The predicted molar refractivity (Wildman–Crippen MR) is 91.3 cm³/mol. The second-order valence-corrected chi connectivity index (χ2v) is 5.84. The zero-order chi connectivity index (χ0) is 16.1. The normalized spacial score (nSPS) is 12.5. The minimum Gasteiger partial charge on any atom is -0.480 e. The van der Waals surface area contributed by atoms with E-state index in [9.17, 15) is 4.79 Å². The van der Waals surface area contributed by atoms with E-state index in [0.717, 1.165) is 35.4 Å². The van der Waals surface area contributed by atoms with E-state index >= 15 is 0 Å². The number of aromatic nitrogens is 1. The van der Waals surface area contributed by atoms with E-state index in [0.29, 0.717) is 11.8 Å². The van der Waals surface area contributed by atoms with E-state index < -0.39 is 12.0 Å². The third-order valence-electron chi connectivity index (χ3n) is 3.49. The minimum atomic E-state index is -1.00. The second-order valence-electron chi connectivity index (χ2n) is 5.08. The number of rotatable bonds is 8. The number of aromatic amines is 1. The van der Waals surface area contributed by atoms with Gasteiger partial charge in [0.1, 0.15) is 6.04 Å². The number of hydrogen-bond acceptors (Lipinski definition) is 3. The highest BCUT2D eigenvalue weighted by Gasteiger charge is 2.14. The zero-order valence-corrected chi connectivity index (χ0v) is 13.6. The highest BCUT2D eigenvalue weighted by molar-refractivity contribution is 6.18. The maximum absolute atomic E-state index is 10.8. The van der Waals surface area contributed by atoms with Crippen molar-refractivity contribution in [1.82, 2.24) is 4.98 Å². The molecule has 2 aromatic rings. The van der Waals surface area contributed by atoms with Gasteiger partial charge in [-0.1, -0.05) is 0 Å². The lowest BCUT2D eigenvalue weighted by atomic mass is 10.1. The van der Waals surface area contributed by atoms with Crippen LogP contribution in [0, 0.1) is 0 Å². The number of carboxylic acids is 1. The molecule has 120 valence electrons. The van der Waals surface area contributed by atoms with Crippen LogP contribution in [-0.2, 0) is 11.2 Å². The Morgan fingerprint density at radius 3 is 2.55 bits per heavy atom. The summed E-state index contributed by atoms with van der Waals surface area (Å²) in [5.41, 5.74) is 8.37. The summed E-state index contributed by atoms with van der Waals surface area (Å²) in [4.78, 5) is 16.2. The molecule has 22 heavy (non-hydrogen) atoms. The molecule has 0 radical (unpaired) electrons. The summed E-state index contributed by atoms with van der Waals surface area (Å²) in [5, 5.41) is 9.90. The zero-order valence-electron chi connectivity index (χ0n) is 12.1. The molecule has 0 unspecified atom stereocenters.